The van der Waals surface area contributed by atoms with Crippen LogP contribution in [0.2, 0.25) is 0 Å². The fraction of sp³-hybridized carbons (Fsp3) is 0.727. The van der Waals surface area contributed by atoms with Gasteiger partial charge in [-0.2, -0.15) is 5.10 Å². The smallest absolute Gasteiger partial charge is 0.0518 e. The number of aliphatic hydroxyl groups is 2. The van der Waals surface area contributed by atoms with Crippen LogP contribution in [0.5, 0.6) is 0 Å². The molecule has 0 unspecified atom stereocenters. The molecule has 0 saturated carbocycles. The third kappa shape index (κ3) is 4.30. The van der Waals surface area contributed by atoms with E-state index in [0.29, 0.717) is 6.54 Å². The zero-order valence-electron chi connectivity index (χ0n) is 9.76. The number of hydrogen-bond donors (Lipinski definition) is 3. The highest BCUT2D eigenvalue weighted by atomic mass is 16.3. The van der Waals surface area contributed by atoms with Crippen LogP contribution in [0.25, 0.3) is 0 Å². The van der Waals surface area contributed by atoms with Crippen LogP contribution in [0.3, 0.4) is 0 Å². The number of nitrogens with one attached hydrogen (secondary N) is 1. The highest BCUT2D eigenvalue weighted by Gasteiger charge is 2.21. The summed E-state index contributed by atoms with van der Waals surface area (Å²) in [4.78, 5) is 0. The summed E-state index contributed by atoms with van der Waals surface area (Å²) in [7, 11) is 0. The first-order valence-corrected chi connectivity index (χ1v) is 5.60. The zero-order valence-corrected chi connectivity index (χ0v) is 9.76. The van der Waals surface area contributed by atoms with E-state index in [2.05, 4.69) is 10.4 Å². The maximum Gasteiger partial charge on any atom is 0.0518 e. The van der Waals surface area contributed by atoms with Gasteiger partial charge in [-0.25, -0.2) is 0 Å². The molecule has 0 spiro atoms. The molecule has 0 radical (unpaired) electrons. The molecule has 0 bridgehead atoms. The third-order valence-electron chi connectivity index (χ3n) is 2.62. The van der Waals surface area contributed by atoms with E-state index >= 15 is 0 Å². The first-order chi connectivity index (χ1) is 7.70. The van der Waals surface area contributed by atoms with Crippen molar-refractivity contribution in [2.45, 2.75) is 19.9 Å². The zero-order chi connectivity index (χ0) is 11.9. The Morgan fingerprint density at radius 2 is 2.12 bits per heavy atom. The standard InChI is InChI=1S/C11H21N3O2/c1-11(9-15,10-16)8-12-4-2-6-14-7-3-5-13-14/h3,5,7,12,15-16H,2,4,6,8-10H2,1H3. The number of aliphatic hydroxyl groups excluding tert-OH is 2. The molecule has 1 rings (SSSR count). The Bertz CT molecular complexity index is 271. The molecule has 1 aromatic rings. The Hall–Kier alpha value is -0.910. The molecule has 3 N–H and O–H groups in total. The quantitative estimate of drug-likeness (QED) is 0.540. The van der Waals surface area contributed by atoms with E-state index in [-0.39, 0.29) is 13.2 Å². The Balaban J connectivity index is 2.08. The van der Waals surface area contributed by atoms with Crippen LogP contribution in [0.1, 0.15) is 13.3 Å². The van der Waals surface area contributed by atoms with Gasteiger partial charge in [-0.05, 0) is 19.0 Å². The molecule has 0 fully saturated rings. The van der Waals surface area contributed by atoms with Gasteiger partial charge in [-0.1, -0.05) is 6.92 Å². The molecule has 0 aliphatic heterocycles. The minimum atomic E-state index is -0.425. The fourth-order valence-electron chi connectivity index (χ4n) is 1.35. The molecule has 0 aliphatic rings. The van der Waals surface area contributed by atoms with Gasteiger partial charge in [0.15, 0.2) is 0 Å². The van der Waals surface area contributed by atoms with Gasteiger partial charge in [-0.15, -0.1) is 0 Å². The van der Waals surface area contributed by atoms with Gasteiger partial charge in [0.25, 0.3) is 0 Å². The highest BCUT2D eigenvalue weighted by Crippen LogP contribution is 2.11. The van der Waals surface area contributed by atoms with Gasteiger partial charge in [-0.3, -0.25) is 4.68 Å². The number of rotatable bonds is 8. The van der Waals surface area contributed by atoms with Crippen molar-refractivity contribution < 1.29 is 10.2 Å². The molecular formula is C11H21N3O2. The van der Waals surface area contributed by atoms with Crippen molar-refractivity contribution >= 4 is 0 Å². The van der Waals surface area contributed by atoms with E-state index in [1.54, 1.807) is 6.20 Å². The lowest BCUT2D eigenvalue weighted by Crippen LogP contribution is -2.38. The second-order valence-corrected chi connectivity index (χ2v) is 4.43. The molecule has 1 aromatic heterocycles. The lowest BCUT2D eigenvalue weighted by molar-refractivity contribution is 0.0698. The van der Waals surface area contributed by atoms with Gasteiger partial charge in [0.05, 0.1) is 13.2 Å². The van der Waals surface area contributed by atoms with Crippen molar-refractivity contribution in [1.82, 2.24) is 15.1 Å². The summed E-state index contributed by atoms with van der Waals surface area (Å²) < 4.78 is 1.89. The van der Waals surface area contributed by atoms with E-state index < -0.39 is 5.41 Å². The van der Waals surface area contributed by atoms with Gasteiger partial charge in [0.1, 0.15) is 0 Å². The van der Waals surface area contributed by atoms with E-state index in [9.17, 15) is 0 Å². The van der Waals surface area contributed by atoms with Crippen molar-refractivity contribution in [3.05, 3.63) is 18.5 Å². The second kappa shape index (κ2) is 6.62. The maximum atomic E-state index is 9.08. The molecule has 0 atom stereocenters. The average Bonchev–Trinajstić information content (AvgIpc) is 2.81. The van der Waals surface area contributed by atoms with Crippen LogP contribution in [0, 0.1) is 5.41 Å². The van der Waals surface area contributed by atoms with Crippen LogP contribution in [0.15, 0.2) is 18.5 Å². The molecule has 1 heterocycles. The SMILES string of the molecule is CC(CO)(CO)CNCCCn1cccn1. The van der Waals surface area contributed by atoms with Crippen molar-refractivity contribution in [3.8, 4) is 0 Å². The van der Waals surface area contributed by atoms with Crippen LogP contribution >= 0.6 is 0 Å². The predicted octanol–water partition coefficient (Wildman–Crippen LogP) is -0.146. The molecule has 5 heteroatoms. The first kappa shape index (κ1) is 13.2. The van der Waals surface area contributed by atoms with Crippen LogP contribution in [-0.2, 0) is 6.54 Å². The Labute approximate surface area is 96.1 Å². The summed E-state index contributed by atoms with van der Waals surface area (Å²) in [6.45, 7) is 4.21. The lowest BCUT2D eigenvalue weighted by Gasteiger charge is -2.24. The van der Waals surface area contributed by atoms with Crippen molar-refractivity contribution in [1.29, 1.82) is 0 Å². The number of aryl methyl sites for hydroxylation is 1. The molecule has 5 nitrogen and oxygen atoms in total. The fourth-order valence-corrected chi connectivity index (χ4v) is 1.35. The van der Waals surface area contributed by atoms with Gasteiger partial charge in [0, 0.05) is 30.9 Å². The molecular weight excluding hydrogens is 206 g/mol. The molecule has 0 amide bonds. The van der Waals surface area contributed by atoms with E-state index in [4.69, 9.17) is 10.2 Å². The summed E-state index contributed by atoms with van der Waals surface area (Å²) in [6.07, 6.45) is 4.68. The van der Waals surface area contributed by atoms with E-state index in [1.165, 1.54) is 0 Å². The number of aromatic nitrogens is 2. The summed E-state index contributed by atoms with van der Waals surface area (Å²) >= 11 is 0. The number of hydrogen-bond acceptors (Lipinski definition) is 4. The predicted molar refractivity (Wildman–Crippen MR) is 62.0 cm³/mol. The topological polar surface area (TPSA) is 70.3 Å². The largest absolute Gasteiger partial charge is 0.396 e. The molecule has 0 saturated heterocycles. The van der Waals surface area contributed by atoms with Crippen molar-refractivity contribution in [3.63, 3.8) is 0 Å². The molecule has 0 aliphatic carbocycles. The average molecular weight is 227 g/mol. The minimum absolute atomic E-state index is 0.00431. The molecule has 92 valence electrons. The molecule has 16 heavy (non-hydrogen) atoms. The Kier molecular flexibility index (Phi) is 5.45. The Morgan fingerprint density at radius 1 is 1.38 bits per heavy atom. The first-order valence-electron chi connectivity index (χ1n) is 5.60. The lowest BCUT2D eigenvalue weighted by atomic mass is 9.93. The highest BCUT2D eigenvalue weighted by molar-refractivity contribution is 4.78. The van der Waals surface area contributed by atoms with Crippen LogP contribution in [0.4, 0.5) is 0 Å². The van der Waals surface area contributed by atoms with E-state index in [1.807, 2.05) is 23.9 Å². The summed E-state index contributed by atoms with van der Waals surface area (Å²) in [6, 6.07) is 1.90. The minimum Gasteiger partial charge on any atom is -0.396 e. The van der Waals surface area contributed by atoms with Crippen molar-refractivity contribution in [2.75, 3.05) is 26.3 Å². The van der Waals surface area contributed by atoms with E-state index in [0.717, 1.165) is 19.5 Å². The number of nitrogens with zero attached hydrogens (tertiary/aromatic N) is 2. The van der Waals surface area contributed by atoms with Gasteiger partial charge in [0.2, 0.25) is 0 Å². The normalized spacial score (nSPS) is 11.9. The Morgan fingerprint density at radius 3 is 2.69 bits per heavy atom. The maximum absolute atomic E-state index is 9.08. The summed E-state index contributed by atoms with van der Waals surface area (Å²) in [5, 5.41) is 25.5. The molecule has 0 aromatic carbocycles. The van der Waals surface area contributed by atoms with Crippen LogP contribution in [-0.4, -0.2) is 46.3 Å². The van der Waals surface area contributed by atoms with Gasteiger partial charge < -0.3 is 15.5 Å². The van der Waals surface area contributed by atoms with Crippen LogP contribution < -0.4 is 5.32 Å². The van der Waals surface area contributed by atoms with Crippen molar-refractivity contribution in [2.24, 2.45) is 5.41 Å². The monoisotopic (exact) mass is 227 g/mol. The van der Waals surface area contributed by atoms with Gasteiger partial charge >= 0.3 is 0 Å². The summed E-state index contributed by atoms with van der Waals surface area (Å²) in [5.74, 6) is 0. The summed E-state index contributed by atoms with van der Waals surface area (Å²) in [5.41, 5.74) is -0.425. The third-order valence-corrected chi connectivity index (χ3v) is 2.62. The second-order valence-electron chi connectivity index (χ2n) is 4.43.